The molecule has 1 saturated heterocycles. The predicted octanol–water partition coefficient (Wildman–Crippen LogP) is 5.40. The van der Waals surface area contributed by atoms with Gasteiger partial charge < -0.3 is 19.8 Å². The van der Waals surface area contributed by atoms with Gasteiger partial charge in [0.25, 0.3) is 0 Å². The Morgan fingerprint density at radius 2 is 1.94 bits per heavy atom. The van der Waals surface area contributed by atoms with Gasteiger partial charge in [-0.25, -0.2) is 0 Å². The highest BCUT2D eigenvalue weighted by molar-refractivity contribution is 5.79. The van der Waals surface area contributed by atoms with E-state index in [1.54, 1.807) is 6.08 Å². The van der Waals surface area contributed by atoms with Gasteiger partial charge in [0.05, 0.1) is 12.1 Å². The molecule has 1 heterocycles. The van der Waals surface area contributed by atoms with Crippen LogP contribution in [-0.2, 0) is 9.59 Å². The van der Waals surface area contributed by atoms with E-state index >= 15 is 0 Å². The number of nitrogens with zero attached hydrogens (tertiary/aromatic N) is 1. The number of carbonyl (C=O) groups is 2. The van der Waals surface area contributed by atoms with Crippen molar-refractivity contribution in [3.63, 3.8) is 0 Å². The smallest absolute Gasteiger partial charge is 0.303 e. The molecule has 0 bridgehead atoms. The van der Waals surface area contributed by atoms with Gasteiger partial charge in [-0.2, -0.15) is 0 Å². The second kappa shape index (κ2) is 12.2. The fourth-order valence-corrected chi connectivity index (χ4v) is 4.06. The minimum absolute atomic E-state index is 0.0161. The number of aryl methyl sites for hydroxylation is 1. The number of amides is 1. The summed E-state index contributed by atoms with van der Waals surface area (Å²) in [7, 11) is 0. The molecule has 2 aromatic carbocycles. The number of para-hydroxylation sites is 1. The molecule has 1 aliphatic rings. The van der Waals surface area contributed by atoms with E-state index in [1.165, 1.54) is 0 Å². The van der Waals surface area contributed by atoms with Crippen LogP contribution in [0.25, 0.3) is 0 Å². The summed E-state index contributed by atoms with van der Waals surface area (Å²) in [6.45, 7) is 2.65. The van der Waals surface area contributed by atoms with Crippen LogP contribution in [0.4, 0.5) is 0 Å². The number of rotatable bonds is 12. The van der Waals surface area contributed by atoms with Crippen molar-refractivity contribution >= 4 is 11.9 Å². The first-order chi connectivity index (χ1) is 15.9. The van der Waals surface area contributed by atoms with Crippen LogP contribution >= 0.6 is 0 Å². The summed E-state index contributed by atoms with van der Waals surface area (Å²) in [5.41, 5.74) is 1.77. The first-order valence-corrected chi connectivity index (χ1v) is 11.6. The standard InChI is InChI=1S/C27H33NO5/c1-20-9-5-6-12-25(20)33-23-11-8-10-21(19-23)24(29)16-14-22-15-17-26(30)28(22)18-7-3-2-4-13-27(31)32/h5-6,8-12,14,16,19,22,24,29H,2-4,7,13,15,17-18H2,1H3,(H,31,32)/b16-14+/t22?,24-/m1/s1. The number of aliphatic hydroxyl groups is 1. The fraction of sp³-hybridized carbons (Fsp3) is 0.407. The highest BCUT2D eigenvalue weighted by atomic mass is 16.5. The molecule has 0 aliphatic carbocycles. The number of aliphatic hydroxyl groups excluding tert-OH is 1. The monoisotopic (exact) mass is 451 g/mol. The normalized spacial score (nSPS) is 17.0. The molecule has 1 amide bonds. The lowest BCUT2D eigenvalue weighted by atomic mass is 10.1. The molecule has 1 fully saturated rings. The SMILES string of the molecule is Cc1ccccc1Oc1cccc([C@H](O)/C=C/C2CCC(=O)N2CCCCCCC(=O)O)c1. The lowest BCUT2D eigenvalue weighted by molar-refractivity contribution is -0.137. The van der Waals surface area contributed by atoms with E-state index in [0.29, 0.717) is 25.1 Å². The fourth-order valence-electron chi connectivity index (χ4n) is 4.06. The third kappa shape index (κ3) is 7.46. The number of ether oxygens (including phenoxy) is 1. The predicted molar refractivity (Wildman–Crippen MR) is 127 cm³/mol. The van der Waals surface area contributed by atoms with Gasteiger partial charge in [-0.15, -0.1) is 0 Å². The average Bonchev–Trinajstić information content (AvgIpc) is 3.15. The van der Waals surface area contributed by atoms with Crippen LogP contribution in [0.2, 0.25) is 0 Å². The van der Waals surface area contributed by atoms with Gasteiger partial charge in [-0.3, -0.25) is 9.59 Å². The molecule has 0 radical (unpaired) electrons. The van der Waals surface area contributed by atoms with Gasteiger partial charge >= 0.3 is 5.97 Å². The van der Waals surface area contributed by atoms with Crippen molar-refractivity contribution in [3.8, 4) is 11.5 Å². The zero-order valence-electron chi connectivity index (χ0n) is 19.2. The van der Waals surface area contributed by atoms with Crippen molar-refractivity contribution in [2.45, 2.75) is 64.0 Å². The summed E-state index contributed by atoms with van der Waals surface area (Å²) < 4.78 is 5.97. The number of carbonyl (C=O) groups excluding carboxylic acids is 1. The highest BCUT2D eigenvalue weighted by Gasteiger charge is 2.28. The number of benzene rings is 2. The Morgan fingerprint density at radius 3 is 2.73 bits per heavy atom. The van der Waals surface area contributed by atoms with E-state index in [-0.39, 0.29) is 18.4 Å². The van der Waals surface area contributed by atoms with Crippen molar-refractivity contribution in [1.82, 2.24) is 4.90 Å². The van der Waals surface area contributed by atoms with Gasteiger partial charge in [-0.05, 0) is 55.5 Å². The summed E-state index contributed by atoms with van der Waals surface area (Å²) >= 11 is 0. The molecule has 0 aromatic heterocycles. The van der Waals surface area contributed by atoms with E-state index in [4.69, 9.17) is 9.84 Å². The summed E-state index contributed by atoms with van der Waals surface area (Å²) in [6.07, 6.45) is 7.63. The van der Waals surface area contributed by atoms with Crippen molar-refractivity contribution in [1.29, 1.82) is 0 Å². The van der Waals surface area contributed by atoms with E-state index in [0.717, 1.165) is 42.6 Å². The number of hydrogen-bond acceptors (Lipinski definition) is 4. The Hall–Kier alpha value is -3.12. The second-order valence-corrected chi connectivity index (χ2v) is 8.52. The van der Waals surface area contributed by atoms with Crippen molar-refractivity contribution in [3.05, 3.63) is 71.8 Å². The molecule has 0 saturated carbocycles. The number of carboxylic acids is 1. The number of unbranched alkanes of at least 4 members (excludes halogenated alkanes) is 3. The zero-order chi connectivity index (χ0) is 23.6. The molecule has 2 aromatic rings. The van der Waals surface area contributed by atoms with Crippen LogP contribution in [0.15, 0.2) is 60.7 Å². The summed E-state index contributed by atoms with van der Waals surface area (Å²) in [5.74, 6) is 0.816. The van der Waals surface area contributed by atoms with E-state index in [1.807, 2.05) is 66.4 Å². The van der Waals surface area contributed by atoms with Crippen molar-refractivity contribution in [2.24, 2.45) is 0 Å². The highest BCUT2D eigenvalue weighted by Crippen LogP contribution is 2.28. The van der Waals surface area contributed by atoms with E-state index < -0.39 is 12.1 Å². The van der Waals surface area contributed by atoms with Crippen LogP contribution in [0, 0.1) is 6.92 Å². The zero-order valence-corrected chi connectivity index (χ0v) is 19.2. The van der Waals surface area contributed by atoms with E-state index in [9.17, 15) is 14.7 Å². The van der Waals surface area contributed by atoms with Gasteiger partial charge in [0.15, 0.2) is 0 Å². The summed E-state index contributed by atoms with van der Waals surface area (Å²) in [5, 5.41) is 19.4. The Balaban J connectivity index is 1.54. The van der Waals surface area contributed by atoms with Gasteiger partial charge in [-0.1, -0.05) is 55.3 Å². The third-order valence-electron chi connectivity index (χ3n) is 5.95. The van der Waals surface area contributed by atoms with Crippen LogP contribution in [0.1, 0.15) is 62.2 Å². The number of aliphatic carboxylic acids is 1. The summed E-state index contributed by atoms with van der Waals surface area (Å²) in [4.78, 5) is 24.7. The quantitative estimate of drug-likeness (QED) is 0.333. The molecule has 2 atom stereocenters. The third-order valence-corrected chi connectivity index (χ3v) is 5.95. The summed E-state index contributed by atoms with van der Waals surface area (Å²) in [6, 6.07) is 15.2. The molecule has 1 unspecified atom stereocenters. The molecule has 6 heteroatoms. The van der Waals surface area contributed by atoms with Gasteiger partial charge in [0.2, 0.25) is 5.91 Å². The van der Waals surface area contributed by atoms with Crippen LogP contribution in [0.3, 0.4) is 0 Å². The number of carboxylic acid groups (broad SMARTS) is 1. The molecule has 33 heavy (non-hydrogen) atoms. The topological polar surface area (TPSA) is 87.1 Å². The Labute approximate surface area is 195 Å². The Morgan fingerprint density at radius 1 is 1.15 bits per heavy atom. The molecule has 0 spiro atoms. The van der Waals surface area contributed by atoms with Crippen LogP contribution in [0.5, 0.6) is 11.5 Å². The van der Waals surface area contributed by atoms with Gasteiger partial charge in [0.1, 0.15) is 11.5 Å². The molecule has 6 nitrogen and oxygen atoms in total. The van der Waals surface area contributed by atoms with Crippen molar-refractivity contribution < 1.29 is 24.5 Å². The minimum atomic E-state index is -0.793. The van der Waals surface area contributed by atoms with E-state index in [2.05, 4.69) is 0 Å². The number of likely N-dealkylation sites (tertiary alicyclic amines) is 1. The molecule has 176 valence electrons. The first kappa shape index (κ1) is 24.5. The second-order valence-electron chi connectivity index (χ2n) is 8.52. The first-order valence-electron chi connectivity index (χ1n) is 11.6. The number of hydrogen-bond donors (Lipinski definition) is 2. The maximum Gasteiger partial charge on any atom is 0.303 e. The lowest BCUT2D eigenvalue weighted by Crippen LogP contribution is -2.32. The Bertz CT molecular complexity index is 970. The van der Waals surface area contributed by atoms with Crippen molar-refractivity contribution in [2.75, 3.05) is 6.54 Å². The van der Waals surface area contributed by atoms with Crippen LogP contribution in [-0.4, -0.2) is 39.6 Å². The largest absolute Gasteiger partial charge is 0.481 e. The minimum Gasteiger partial charge on any atom is -0.481 e. The van der Waals surface area contributed by atoms with Crippen LogP contribution < -0.4 is 4.74 Å². The molecule has 3 rings (SSSR count). The molecular weight excluding hydrogens is 418 g/mol. The average molecular weight is 452 g/mol. The molecule has 2 N–H and O–H groups in total. The lowest BCUT2D eigenvalue weighted by Gasteiger charge is -2.22. The maximum absolute atomic E-state index is 12.3. The van der Waals surface area contributed by atoms with Gasteiger partial charge in [0, 0.05) is 19.4 Å². The Kier molecular flexibility index (Phi) is 9.07. The molecular formula is C27H33NO5. The maximum atomic E-state index is 12.3. The molecule has 1 aliphatic heterocycles.